The second-order valence-corrected chi connectivity index (χ2v) is 3.64. The van der Waals surface area contributed by atoms with Crippen molar-refractivity contribution in [2.75, 3.05) is 13.1 Å². The summed E-state index contributed by atoms with van der Waals surface area (Å²) in [5.41, 5.74) is 6.39. The van der Waals surface area contributed by atoms with Gasteiger partial charge in [-0.15, -0.1) is 11.6 Å². The highest BCUT2D eigenvalue weighted by atomic mass is 35.5. The molecule has 0 unspecified atom stereocenters. The van der Waals surface area contributed by atoms with Crippen LogP contribution in [0.3, 0.4) is 0 Å². The van der Waals surface area contributed by atoms with Gasteiger partial charge in [0.25, 0.3) is 5.91 Å². The minimum absolute atomic E-state index is 0.197. The van der Waals surface area contributed by atoms with Crippen molar-refractivity contribution in [2.45, 2.75) is 5.88 Å². The summed E-state index contributed by atoms with van der Waals surface area (Å²) in [6.45, 7) is 0.639. The van der Waals surface area contributed by atoms with Crippen LogP contribution in [0.4, 0.5) is 4.79 Å². The van der Waals surface area contributed by atoms with E-state index in [-0.39, 0.29) is 5.91 Å². The van der Waals surface area contributed by atoms with E-state index < -0.39 is 6.03 Å². The first-order valence-electron chi connectivity index (χ1n) is 5.10. The molecule has 0 aliphatic heterocycles. The van der Waals surface area contributed by atoms with E-state index in [0.29, 0.717) is 24.5 Å². The van der Waals surface area contributed by atoms with E-state index in [9.17, 15) is 9.59 Å². The fraction of sp³-hybridized carbons (Fsp3) is 0.273. The first-order valence-corrected chi connectivity index (χ1v) is 5.63. The number of halogens is 1. The predicted octanol–water partition coefficient (Wildman–Crippen LogP) is 0.823. The lowest BCUT2D eigenvalue weighted by molar-refractivity contribution is 0.0954. The summed E-state index contributed by atoms with van der Waals surface area (Å²) < 4.78 is 0. The monoisotopic (exact) mass is 255 g/mol. The molecule has 0 heterocycles. The second kappa shape index (κ2) is 6.75. The van der Waals surface area contributed by atoms with E-state index in [2.05, 4.69) is 10.6 Å². The maximum absolute atomic E-state index is 11.6. The number of amides is 3. The average Bonchev–Trinajstić information content (AvgIpc) is 2.34. The number of hydrogen-bond donors (Lipinski definition) is 3. The highest BCUT2D eigenvalue weighted by Gasteiger charge is 2.04. The van der Waals surface area contributed by atoms with E-state index in [1.807, 2.05) is 0 Å². The Balaban J connectivity index is 2.38. The molecule has 1 aromatic rings. The van der Waals surface area contributed by atoms with Gasteiger partial charge in [0.1, 0.15) is 0 Å². The Morgan fingerprint density at radius 1 is 1.12 bits per heavy atom. The van der Waals surface area contributed by atoms with Gasteiger partial charge < -0.3 is 16.4 Å². The first-order chi connectivity index (χ1) is 8.13. The Morgan fingerprint density at radius 3 is 2.24 bits per heavy atom. The number of benzene rings is 1. The number of carbonyl (C=O) groups is 2. The lowest BCUT2D eigenvalue weighted by atomic mass is 10.1. The number of nitrogens with two attached hydrogens (primary N) is 1. The maximum atomic E-state index is 11.6. The average molecular weight is 256 g/mol. The molecule has 0 aliphatic carbocycles. The van der Waals surface area contributed by atoms with Gasteiger partial charge in [-0.05, 0) is 17.7 Å². The van der Waals surface area contributed by atoms with Crippen molar-refractivity contribution in [1.29, 1.82) is 0 Å². The molecule has 17 heavy (non-hydrogen) atoms. The number of hydrogen-bond acceptors (Lipinski definition) is 2. The summed E-state index contributed by atoms with van der Waals surface area (Å²) in [7, 11) is 0. The van der Waals surface area contributed by atoms with Crippen molar-refractivity contribution >= 4 is 23.5 Å². The zero-order valence-corrected chi connectivity index (χ0v) is 9.96. The molecule has 3 amide bonds. The zero-order chi connectivity index (χ0) is 12.7. The fourth-order valence-corrected chi connectivity index (χ4v) is 1.39. The van der Waals surface area contributed by atoms with E-state index in [0.717, 1.165) is 5.56 Å². The number of rotatable bonds is 5. The molecule has 0 saturated heterocycles. The van der Waals surface area contributed by atoms with Crippen molar-refractivity contribution in [3.63, 3.8) is 0 Å². The topological polar surface area (TPSA) is 84.2 Å². The standard InChI is InChI=1S/C11H14ClN3O2/c12-7-8-1-3-9(4-2-8)10(16)14-5-6-15-11(13)17/h1-4H,5-7H2,(H,14,16)(H3,13,15,17). The summed E-state index contributed by atoms with van der Waals surface area (Å²) in [5.74, 6) is 0.224. The van der Waals surface area contributed by atoms with Gasteiger partial charge in [0, 0.05) is 24.5 Å². The zero-order valence-electron chi connectivity index (χ0n) is 9.20. The predicted molar refractivity (Wildman–Crippen MR) is 65.9 cm³/mol. The van der Waals surface area contributed by atoms with Crippen LogP contribution in [0.5, 0.6) is 0 Å². The third-order valence-electron chi connectivity index (χ3n) is 2.08. The normalized spacial score (nSPS) is 9.71. The molecule has 0 radical (unpaired) electrons. The van der Waals surface area contributed by atoms with Crippen molar-refractivity contribution in [3.8, 4) is 0 Å². The van der Waals surface area contributed by atoms with Gasteiger partial charge in [-0.25, -0.2) is 4.79 Å². The Labute approximate surface area is 104 Å². The van der Waals surface area contributed by atoms with Gasteiger partial charge >= 0.3 is 6.03 Å². The molecular formula is C11H14ClN3O2. The molecule has 92 valence electrons. The van der Waals surface area contributed by atoms with E-state index >= 15 is 0 Å². The van der Waals surface area contributed by atoms with Gasteiger partial charge in [0.15, 0.2) is 0 Å². The summed E-state index contributed by atoms with van der Waals surface area (Å²) in [6, 6.07) is 6.39. The summed E-state index contributed by atoms with van der Waals surface area (Å²) in [5, 5.41) is 5.03. The SMILES string of the molecule is NC(=O)NCCNC(=O)c1ccc(CCl)cc1. The van der Waals surface area contributed by atoms with Gasteiger partial charge in [0.05, 0.1) is 0 Å². The number of urea groups is 1. The minimum Gasteiger partial charge on any atom is -0.352 e. The van der Waals surface area contributed by atoms with Crippen LogP contribution in [0.2, 0.25) is 0 Å². The van der Waals surface area contributed by atoms with Crippen LogP contribution >= 0.6 is 11.6 Å². The van der Waals surface area contributed by atoms with Crippen molar-refractivity contribution < 1.29 is 9.59 Å². The van der Waals surface area contributed by atoms with E-state index in [1.165, 1.54) is 0 Å². The quantitative estimate of drug-likeness (QED) is 0.538. The van der Waals surface area contributed by atoms with Crippen molar-refractivity contribution in [1.82, 2.24) is 10.6 Å². The van der Waals surface area contributed by atoms with Gasteiger partial charge in [0.2, 0.25) is 0 Å². The van der Waals surface area contributed by atoms with Gasteiger partial charge in [-0.2, -0.15) is 0 Å². The number of primary amides is 1. The number of nitrogens with one attached hydrogen (secondary N) is 2. The van der Waals surface area contributed by atoms with Crippen LogP contribution in [0, 0.1) is 0 Å². The van der Waals surface area contributed by atoms with Crippen LogP contribution in [-0.2, 0) is 5.88 Å². The van der Waals surface area contributed by atoms with Crippen molar-refractivity contribution in [3.05, 3.63) is 35.4 Å². The van der Waals surface area contributed by atoms with Crippen LogP contribution in [0.15, 0.2) is 24.3 Å². The molecule has 0 atom stereocenters. The smallest absolute Gasteiger partial charge is 0.312 e. The molecule has 0 aliphatic rings. The van der Waals surface area contributed by atoms with Gasteiger partial charge in [-0.3, -0.25) is 4.79 Å². The Morgan fingerprint density at radius 2 is 1.71 bits per heavy atom. The molecule has 0 saturated carbocycles. The Kier molecular flexibility index (Phi) is 5.29. The Hall–Kier alpha value is -1.75. The second-order valence-electron chi connectivity index (χ2n) is 3.38. The van der Waals surface area contributed by atoms with E-state index in [4.69, 9.17) is 17.3 Å². The van der Waals surface area contributed by atoms with Crippen LogP contribution in [-0.4, -0.2) is 25.0 Å². The lowest BCUT2D eigenvalue weighted by Gasteiger charge is -2.05. The van der Waals surface area contributed by atoms with Crippen LogP contribution in [0.25, 0.3) is 0 Å². The fourth-order valence-electron chi connectivity index (χ4n) is 1.21. The maximum Gasteiger partial charge on any atom is 0.312 e. The van der Waals surface area contributed by atoms with Gasteiger partial charge in [-0.1, -0.05) is 12.1 Å². The highest BCUT2D eigenvalue weighted by Crippen LogP contribution is 2.06. The molecule has 1 aromatic carbocycles. The molecule has 6 heteroatoms. The van der Waals surface area contributed by atoms with Crippen LogP contribution < -0.4 is 16.4 Å². The summed E-state index contributed by atoms with van der Waals surface area (Å²) in [4.78, 5) is 22.0. The first kappa shape index (κ1) is 13.3. The third-order valence-corrected chi connectivity index (χ3v) is 2.39. The minimum atomic E-state index is -0.606. The largest absolute Gasteiger partial charge is 0.352 e. The highest BCUT2D eigenvalue weighted by molar-refractivity contribution is 6.17. The van der Waals surface area contributed by atoms with Crippen molar-refractivity contribution in [2.24, 2.45) is 5.73 Å². The molecule has 0 spiro atoms. The molecule has 4 N–H and O–H groups in total. The van der Waals surface area contributed by atoms with Crippen LogP contribution in [0.1, 0.15) is 15.9 Å². The third kappa shape index (κ3) is 4.74. The van der Waals surface area contributed by atoms with E-state index in [1.54, 1.807) is 24.3 Å². The lowest BCUT2D eigenvalue weighted by Crippen LogP contribution is -2.37. The summed E-state index contributed by atoms with van der Waals surface area (Å²) >= 11 is 5.64. The number of alkyl halides is 1. The molecule has 5 nitrogen and oxygen atoms in total. The molecule has 0 bridgehead atoms. The summed E-state index contributed by atoms with van der Waals surface area (Å²) in [6.07, 6.45) is 0. The molecule has 1 rings (SSSR count). The molecule has 0 fully saturated rings. The Bertz CT molecular complexity index is 392. The number of carbonyl (C=O) groups excluding carboxylic acids is 2. The molecule has 0 aromatic heterocycles. The molecular weight excluding hydrogens is 242 g/mol.